The largest absolute Gasteiger partial charge is 0.351 e. The molecule has 4 N–H and O–H groups in total. The average Bonchev–Trinajstić information content (AvgIpc) is 2.86. The normalized spacial score (nSPS) is 18.5. The molecule has 0 fully saturated rings. The van der Waals surface area contributed by atoms with Gasteiger partial charge in [-0.1, -0.05) is 11.8 Å². The van der Waals surface area contributed by atoms with Gasteiger partial charge in [0.2, 0.25) is 0 Å². The summed E-state index contributed by atoms with van der Waals surface area (Å²) in [5, 5.41) is 15.3. The zero-order chi connectivity index (χ0) is 14.5. The average molecular weight is 296 g/mol. The highest BCUT2D eigenvalue weighted by atomic mass is 32.2. The van der Waals surface area contributed by atoms with E-state index in [2.05, 4.69) is 31.1 Å². The van der Waals surface area contributed by atoms with Crippen LogP contribution in [0.4, 0.5) is 4.79 Å². The van der Waals surface area contributed by atoms with Gasteiger partial charge in [0.15, 0.2) is 5.16 Å². The zero-order valence-corrected chi connectivity index (χ0v) is 12.0. The van der Waals surface area contributed by atoms with Crippen LogP contribution in [-0.4, -0.2) is 45.5 Å². The minimum absolute atomic E-state index is 0.180. The molecule has 1 aromatic heterocycles. The highest BCUT2D eigenvalue weighted by Gasteiger charge is 2.26. The first kappa shape index (κ1) is 14.4. The van der Waals surface area contributed by atoms with Crippen LogP contribution in [0.3, 0.4) is 0 Å². The Kier molecular flexibility index (Phi) is 4.61. The number of urea groups is 1. The fourth-order valence-electron chi connectivity index (χ4n) is 1.91. The van der Waals surface area contributed by atoms with Crippen molar-refractivity contribution in [1.82, 2.24) is 31.1 Å². The van der Waals surface area contributed by atoms with Crippen molar-refractivity contribution in [3.05, 3.63) is 17.6 Å². The van der Waals surface area contributed by atoms with Gasteiger partial charge in [-0.05, 0) is 13.8 Å². The predicted molar refractivity (Wildman–Crippen MR) is 73.9 cm³/mol. The molecule has 0 radical (unpaired) electrons. The van der Waals surface area contributed by atoms with Gasteiger partial charge in [-0.2, -0.15) is 5.10 Å². The molecule has 2 rings (SSSR count). The van der Waals surface area contributed by atoms with Gasteiger partial charge >= 0.3 is 6.03 Å². The molecule has 20 heavy (non-hydrogen) atoms. The Bertz CT molecular complexity index is 527. The van der Waals surface area contributed by atoms with E-state index in [0.717, 1.165) is 5.16 Å². The molecule has 0 aliphatic carbocycles. The molecule has 0 saturated carbocycles. The SMILES string of the molecule is CC1=C(C(=O)NCCSc2ncn[nH]2)[C@H](C)NC(=O)N1. The molecular weight excluding hydrogens is 280 g/mol. The van der Waals surface area contributed by atoms with E-state index in [-0.39, 0.29) is 18.0 Å². The number of aromatic nitrogens is 3. The van der Waals surface area contributed by atoms with Gasteiger partial charge in [-0.15, -0.1) is 0 Å². The van der Waals surface area contributed by atoms with Crippen LogP contribution < -0.4 is 16.0 Å². The molecule has 0 spiro atoms. The number of rotatable bonds is 5. The van der Waals surface area contributed by atoms with Gasteiger partial charge in [-0.3, -0.25) is 9.89 Å². The molecule has 9 heteroatoms. The minimum Gasteiger partial charge on any atom is -0.351 e. The molecule has 1 aromatic rings. The Hall–Kier alpha value is -2.03. The number of aromatic amines is 1. The molecule has 1 atom stereocenters. The highest BCUT2D eigenvalue weighted by molar-refractivity contribution is 7.99. The predicted octanol–water partition coefficient (Wildman–Crippen LogP) is -0.0117. The van der Waals surface area contributed by atoms with Crippen molar-refractivity contribution < 1.29 is 9.59 Å². The maximum absolute atomic E-state index is 12.1. The van der Waals surface area contributed by atoms with Crippen LogP contribution >= 0.6 is 11.8 Å². The summed E-state index contributed by atoms with van der Waals surface area (Å²) in [6.07, 6.45) is 1.44. The van der Waals surface area contributed by atoms with Crippen molar-refractivity contribution in [2.75, 3.05) is 12.3 Å². The van der Waals surface area contributed by atoms with Gasteiger partial charge in [-0.25, -0.2) is 9.78 Å². The van der Waals surface area contributed by atoms with Crippen molar-refractivity contribution in [2.24, 2.45) is 0 Å². The first-order valence-electron chi connectivity index (χ1n) is 6.12. The second kappa shape index (κ2) is 6.42. The monoisotopic (exact) mass is 296 g/mol. The van der Waals surface area contributed by atoms with E-state index in [9.17, 15) is 9.59 Å². The van der Waals surface area contributed by atoms with Crippen molar-refractivity contribution in [3.8, 4) is 0 Å². The number of carbonyl (C=O) groups excluding carboxylic acids is 2. The number of H-pyrrole nitrogens is 1. The third kappa shape index (κ3) is 3.50. The molecule has 2 heterocycles. The van der Waals surface area contributed by atoms with Gasteiger partial charge in [0.25, 0.3) is 5.91 Å². The van der Waals surface area contributed by atoms with Crippen LogP contribution in [0.15, 0.2) is 22.8 Å². The van der Waals surface area contributed by atoms with E-state index < -0.39 is 0 Å². The lowest BCUT2D eigenvalue weighted by atomic mass is 10.0. The van der Waals surface area contributed by atoms with Crippen LogP contribution in [0.5, 0.6) is 0 Å². The molecule has 3 amide bonds. The number of amides is 3. The van der Waals surface area contributed by atoms with Crippen LogP contribution in [0.2, 0.25) is 0 Å². The molecule has 8 nitrogen and oxygen atoms in total. The van der Waals surface area contributed by atoms with Crippen molar-refractivity contribution in [2.45, 2.75) is 25.0 Å². The van der Waals surface area contributed by atoms with Gasteiger partial charge in [0, 0.05) is 18.0 Å². The van der Waals surface area contributed by atoms with Crippen molar-refractivity contribution in [1.29, 1.82) is 0 Å². The lowest BCUT2D eigenvalue weighted by Gasteiger charge is -2.25. The maximum Gasteiger partial charge on any atom is 0.319 e. The van der Waals surface area contributed by atoms with Crippen LogP contribution in [-0.2, 0) is 4.79 Å². The minimum atomic E-state index is -0.300. The summed E-state index contributed by atoms with van der Waals surface area (Å²) >= 11 is 1.47. The van der Waals surface area contributed by atoms with E-state index in [4.69, 9.17) is 0 Å². The molecule has 0 saturated heterocycles. The third-order valence-electron chi connectivity index (χ3n) is 2.75. The summed E-state index contributed by atoms with van der Waals surface area (Å²) in [5.41, 5.74) is 1.14. The Morgan fingerprint density at radius 1 is 1.55 bits per heavy atom. The van der Waals surface area contributed by atoms with Crippen molar-refractivity contribution in [3.63, 3.8) is 0 Å². The second-order valence-corrected chi connectivity index (χ2v) is 5.34. The highest BCUT2D eigenvalue weighted by Crippen LogP contribution is 2.12. The lowest BCUT2D eigenvalue weighted by molar-refractivity contribution is -0.117. The molecule has 0 bridgehead atoms. The summed E-state index contributed by atoms with van der Waals surface area (Å²) in [7, 11) is 0. The summed E-state index contributed by atoms with van der Waals surface area (Å²) in [6.45, 7) is 4.00. The first-order valence-corrected chi connectivity index (χ1v) is 7.11. The molecule has 108 valence electrons. The quantitative estimate of drug-likeness (QED) is 0.451. The fraction of sp³-hybridized carbons (Fsp3) is 0.455. The summed E-state index contributed by atoms with van der Waals surface area (Å²) in [5.74, 6) is 0.502. The van der Waals surface area contributed by atoms with E-state index >= 15 is 0 Å². The second-order valence-electron chi connectivity index (χ2n) is 4.25. The summed E-state index contributed by atoms with van der Waals surface area (Å²) in [6, 6.07) is -0.585. The molecular formula is C11H16N6O2S. The van der Waals surface area contributed by atoms with Gasteiger partial charge in [0.1, 0.15) is 6.33 Å². The molecule has 0 unspecified atom stereocenters. The van der Waals surface area contributed by atoms with Crippen LogP contribution in [0.1, 0.15) is 13.8 Å². The number of hydrogen-bond acceptors (Lipinski definition) is 5. The number of carbonyl (C=O) groups is 2. The Morgan fingerprint density at radius 2 is 2.35 bits per heavy atom. The number of nitrogens with one attached hydrogen (secondary N) is 4. The van der Waals surface area contributed by atoms with Gasteiger partial charge in [0.05, 0.1) is 11.6 Å². The fourth-order valence-corrected chi connectivity index (χ4v) is 2.54. The number of allylic oxidation sites excluding steroid dienone is 1. The van der Waals surface area contributed by atoms with Gasteiger partial charge < -0.3 is 16.0 Å². The Balaban J connectivity index is 1.82. The van der Waals surface area contributed by atoms with Crippen LogP contribution in [0, 0.1) is 0 Å². The van der Waals surface area contributed by atoms with Crippen molar-refractivity contribution >= 4 is 23.7 Å². The summed E-state index contributed by atoms with van der Waals surface area (Å²) in [4.78, 5) is 27.3. The number of nitrogens with zero attached hydrogens (tertiary/aromatic N) is 2. The van der Waals surface area contributed by atoms with E-state index in [1.165, 1.54) is 18.1 Å². The number of hydrogen-bond donors (Lipinski definition) is 4. The first-order chi connectivity index (χ1) is 9.58. The molecule has 0 aromatic carbocycles. The summed E-state index contributed by atoms with van der Waals surface area (Å²) < 4.78 is 0. The third-order valence-corrected chi connectivity index (χ3v) is 3.63. The molecule has 1 aliphatic heterocycles. The van der Waals surface area contributed by atoms with E-state index in [0.29, 0.717) is 23.6 Å². The van der Waals surface area contributed by atoms with E-state index in [1.807, 2.05) is 0 Å². The maximum atomic E-state index is 12.1. The van der Waals surface area contributed by atoms with E-state index in [1.54, 1.807) is 13.8 Å². The molecule has 1 aliphatic rings. The Morgan fingerprint density at radius 3 is 3.00 bits per heavy atom. The smallest absolute Gasteiger partial charge is 0.319 e. The number of thioether (sulfide) groups is 1. The zero-order valence-electron chi connectivity index (χ0n) is 11.2. The standard InChI is InChI=1S/C11H16N6O2S/c1-6-8(7(2)16-10(19)15-6)9(18)12-3-4-20-11-13-5-14-17-11/h5-6H,3-4H2,1-2H3,(H,12,18)(H,13,14,17)(H2,15,16,19)/t6-/m0/s1. The Labute approximate surface area is 120 Å². The lowest BCUT2D eigenvalue weighted by Crippen LogP contribution is -2.50. The van der Waals surface area contributed by atoms with Crippen LogP contribution in [0.25, 0.3) is 0 Å². The topological polar surface area (TPSA) is 112 Å².